The van der Waals surface area contributed by atoms with Crippen LogP contribution < -0.4 is 0 Å². The lowest BCUT2D eigenvalue weighted by atomic mass is 10.1. The zero-order chi connectivity index (χ0) is 11.5. The Balaban J connectivity index is 2.53. The molecule has 0 unspecified atom stereocenters. The van der Waals surface area contributed by atoms with Gasteiger partial charge in [-0.25, -0.2) is 0 Å². The van der Waals surface area contributed by atoms with Crippen molar-refractivity contribution in [1.29, 1.82) is 5.26 Å². The van der Waals surface area contributed by atoms with Gasteiger partial charge in [0.15, 0.2) is 0 Å². The summed E-state index contributed by atoms with van der Waals surface area (Å²) in [6.07, 6.45) is 2.44. The number of aromatic nitrogens is 2. The van der Waals surface area contributed by atoms with Crippen LogP contribution in [0.2, 0.25) is 5.02 Å². The number of aromatic amines is 1. The number of hydrogen-bond acceptors (Lipinski definition) is 2. The Kier molecular flexibility index (Phi) is 2.93. The summed E-state index contributed by atoms with van der Waals surface area (Å²) in [6, 6.07) is 7.91. The van der Waals surface area contributed by atoms with Crippen LogP contribution in [0.25, 0.3) is 11.3 Å². The first kappa shape index (κ1) is 10.7. The average Bonchev–Trinajstić information content (AvgIpc) is 2.76. The zero-order valence-corrected chi connectivity index (χ0v) is 9.54. The summed E-state index contributed by atoms with van der Waals surface area (Å²) in [7, 11) is 0. The van der Waals surface area contributed by atoms with Gasteiger partial charge in [0.1, 0.15) is 6.07 Å². The highest BCUT2D eigenvalue weighted by Crippen LogP contribution is 2.29. The van der Waals surface area contributed by atoms with Gasteiger partial charge in [-0.05, 0) is 18.1 Å². The van der Waals surface area contributed by atoms with Crippen LogP contribution in [0.15, 0.2) is 24.4 Å². The minimum absolute atomic E-state index is 0.506. The highest BCUT2D eigenvalue weighted by atomic mass is 35.5. The minimum Gasteiger partial charge on any atom is -0.276 e. The van der Waals surface area contributed by atoms with Crippen LogP contribution in [0, 0.1) is 11.3 Å². The van der Waals surface area contributed by atoms with E-state index in [2.05, 4.69) is 23.2 Å². The van der Waals surface area contributed by atoms with Crippen molar-refractivity contribution in [2.75, 3.05) is 0 Å². The lowest BCUT2D eigenvalue weighted by Gasteiger charge is -2.04. The number of benzene rings is 1. The van der Waals surface area contributed by atoms with Gasteiger partial charge in [0, 0.05) is 5.56 Å². The van der Waals surface area contributed by atoms with Crippen molar-refractivity contribution in [1.82, 2.24) is 10.2 Å². The predicted molar refractivity (Wildman–Crippen MR) is 63.1 cm³/mol. The molecule has 0 aliphatic rings. The largest absolute Gasteiger partial charge is 0.276 e. The first-order valence-corrected chi connectivity index (χ1v) is 5.36. The maximum Gasteiger partial charge on any atom is 0.103 e. The van der Waals surface area contributed by atoms with Gasteiger partial charge in [-0.3, -0.25) is 5.10 Å². The zero-order valence-electron chi connectivity index (χ0n) is 8.79. The van der Waals surface area contributed by atoms with Crippen molar-refractivity contribution in [3.63, 3.8) is 0 Å². The van der Waals surface area contributed by atoms with Crippen molar-refractivity contribution in [3.05, 3.63) is 40.5 Å². The van der Waals surface area contributed by atoms with Gasteiger partial charge in [0.25, 0.3) is 0 Å². The third-order valence-electron chi connectivity index (χ3n) is 2.47. The SMILES string of the molecule is CCc1ccc(-c2[nH]ncc2C#N)c(Cl)c1. The summed E-state index contributed by atoms with van der Waals surface area (Å²) in [6.45, 7) is 2.07. The number of nitriles is 1. The summed E-state index contributed by atoms with van der Waals surface area (Å²) in [4.78, 5) is 0. The van der Waals surface area contributed by atoms with Gasteiger partial charge in [-0.15, -0.1) is 0 Å². The molecule has 0 fully saturated rings. The van der Waals surface area contributed by atoms with Crippen LogP contribution in [0.5, 0.6) is 0 Å². The monoisotopic (exact) mass is 231 g/mol. The summed E-state index contributed by atoms with van der Waals surface area (Å²) >= 11 is 6.17. The molecular formula is C12H10ClN3. The van der Waals surface area contributed by atoms with E-state index in [1.165, 1.54) is 11.8 Å². The molecule has 1 aromatic carbocycles. The molecule has 0 saturated carbocycles. The number of rotatable bonds is 2. The first-order valence-electron chi connectivity index (χ1n) is 4.98. The molecule has 1 heterocycles. The quantitative estimate of drug-likeness (QED) is 0.863. The number of aryl methyl sites for hydroxylation is 1. The highest BCUT2D eigenvalue weighted by molar-refractivity contribution is 6.33. The van der Waals surface area contributed by atoms with E-state index in [4.69, 9.17) is 16.9 Å². The van der Waals surface area contributed by atoms with Gasteiger partial charge in [-0.2, -0.15) is 10.4 Å². The van der Waals surface area contributed by atoms with Gasteiger partial charge in [-0.1, -0.05) is 30.7 Å². The topological polar surface area (TPSA) is 52.5 Å². The second kappa shape index (κ2) is 4.38. The standard InChI is InChI=1S/C12H10ClN3/c1-2-8-3-4-10(11(13)5-8)12-9(6-14)7-15-16-12/h3-5,7H,2H2,1H3,(H,15,16). The Morgan fingerprint density at radius 1 is 1.50 bits per heavy atom. The molecule has 3 nitrogen and oxygen atoms in total. The molecule has 0 bridgehead atoms. The molecule has 80 valence electrons. The van der Waals surface area contributed by atoms with Crippen molar-refractivity contribution >= 4 is 11.6 Å². The molecule has 2 rings (SSSR count). The van der Waals surface area contributed by atoms with E-state index < -0.39 is 0 Å². The van der Waals surface area contributed by atoms with E-state index in [9.17, 15) is 0 Å². The minimum atomic E-state index is 0.506. The molecule has 0 aliphatic heterocycles. The molecule has 0 aliphatic carbocycles. The van der Waals surface area contributed by atoms with Crippen molar-refractivity contribution < 1.29 is 0 Å². The second-order valence-electron chi connectivity index (χ2n) is 3.44. The van der Waals surface area contributed by atoms with Gasteiger partial charge in [0.05, 0.1) is 22.5 Å². The van der Waals surface area contributed by atoms with Crippen LogP contribution in [0.3, 0.4) is 0 Å². The van der Waals surface area contributed by atoms with Crippen LogP contribution in [-0.4, -0.2) is 10.2 Å². The maximum absolute atomic E-state index is 8.91. The Hall–Kier alpha value is -1.79. The van der Waals surface area contributed by atoms with Gasteiger partial charge >= 0.3 is 0 Å². The summed E-state index contributed by atoms with van der Waals surface area (Å²) in [5, 5.41) is 16.2. The van der Waals surface area contributed by atoms with Crippen molar-refractivity contribution in [3.8, 4) is 17.3 Å². The molecule has 0 saturated heterocycles. The third-order valence-corrected chi connectivity index (χ3v) is 2.78. The van der Waals surface area contributed by atoms with Crippen molar-refractivity contribution in [2.24, 2.45) is 0 Å². The Bertz CT molecular complexity index is 552. The van der Waals surface area contributed by atoms with Crippen LogP contribution >= 0.6 is 11.6 Å². The molecule has 0 spiro atoms. The number of H-pyrrole nitrogens is 1. The van der Waals surface area contributed by atoms with Gasteiger partial charge in [0.2, 0.25) is 0 Å². The normalized spacial score (nSPS) is 10.1. The first-order chi connectivity index (χ1) is 7.76. The Morgan fingerprint density at radius 3 is 2.94 bits per heavy atom. The molecule has 0 radical (unpaired) electrons. The van der Waals surface area contributed by atoms with Gasteiger partial charge < -0.3 is 0 Å². The molecule has 2 aromatic rings. The Morgan fingerprint density at radius 2 is 2.31 bits per heavy atom. The fraction of sp³-hybridized carbons (Fsp3) is 0.167. The fourth-order valence-corrected chi connectivity index (χ4v) is 1.86. The molecular weight excluding hydrogens is 222 g/mol. The molecule has 0 amide bonds. The molecule has 1 aromatic heterocycles. The summed E-state index contributed by atoms with van der Waals surface area (Å²) < 4.78 is 0. The summed E-state index contributed by atoms with van der Waals surface area (Å²) in [5.74, 6) is 0. The Labute approximate surface area is 98.7 Å². The molecule has 1 N–H and O–H groups in total. The molecule has 16 heavy (non-hydrogen) atoms. The summed E-state index contributed by atoms with van der Waals surface area (Å²) in [5.41, 5.74) is 3.17. The smallest absolute Gasteiger partial charge is 0.103 e. The van der Waals surface area contributed by atoms with E-state index in [1.807, 2.05) is 18.2 Å². The van der Waals surface area contributed by atoms with E-state index in [-0.39, 0.29) is 0 Å². The van der Waals surface area contributed by atoms with E-state index >= 15 is 0 Å². The van der Waals surface area contributed by atoms with Crippen LogP contribution in [0.4, 0.5) is 0 Å². The van der Waals surface area contributed by atoms with Crippen LogP contribution in [0.1, 0.15) is 18.1 Å². The van der Waals surface area contributed by atoms with E-state index in [1.54, 1.807) is 0 Å². The second-order valence-corrected chi connectivity index (χ2v) is 3.85. The average molecular weight is 232 g/mol. The van der Waals surface area contributed by atoms with Crippen LogP contribution in [-0.2, 0) is 6.42 Å². The molecule has 4 heteroatoms. The number of nitrogens with zero attached hydrogens (tertiary/aromatic N) is 2. The molecule has 0 atom stereocenters. The number of halogens is 1. The third kappa shape index (κ3) is 1.80. The van der Waals surface area contributed by atoms with Crippen molar-refractivity contribution in [2.45, 2.75) is 13.3 Å². The maximum atomic E-state index is 8.91. The van der Waals surface area contributed by atoms with E-state index in [0.29, 0.717) is 16.3 Å². The lowest BCUT2D eigenvalue weighted by molar-refractivity contribution is 1.09. The number of nitrogens with one attached hydrogen (secondary N) is 1. The number of hydrogen-bond donors (Lipinski definition) is 1. The highest BCUT2D eigenvalue weighted by Gasteiger charge is 2.10. The van der Waals surface area contributed by atoms with E-state index in [0.717, 1.165) is 12.0 Å². The lowest BCUT2D eigenvalue weighted by Crippen LogP contribution is -1.86. The fourth-order valence-electron chi connectivity index (χ4n) is 1.56. The predicted octanol–water partition coefficient (Wildman–Crippen LogP) is 3.16.